The fraction of sp³-hybridized carbons (Fsp3) is 0.516. The van der Waals surface area contributed by atoms with Crippen LogP contribution < -0.4 is 10.9 Å². The smallest absolute Gasteiger partial charge is 0.410 e. The SMILES string of the molecule is CN(C)C(=O)N1CCN(Cc2cccc(Nc3ncc4ccc(=O)n(CCC5CN(C(=O)OC(C)(C)C)C5)c4n3)c2)CC1. The van der Waals surface area contributed by atoms with Crippen molar-refractivity contribution in [3.05, 3.63) is 58.5 Å². The molecule has 43 heavy (non-hydrogen) atoms. The Morgan fingerprint density at radius 1 is 1.05 bits per heavy atom. The highest BCUT2D eigenvalue weighted by Crippen LogP contribution is 2.24. The van der Waals surface area contributed by atoms with Gasteiger partial charge in [0.1, 0.15) is 11.2 Å². The number of aromatic nitrogens is 3. The zero-order valence-electron chi connectivity index (χ0n) is 25.7. The van der Waals surface area contributed by atoms with Crippen LogP contribution in [0.5, 0.6) is 0 Å². The molecule has 230 valence electrons. The number of hydrogen-bond donors (Lipinski definition) is 1. The summed E-state index contributed by atoms with van der Waals surface area (Å²) in [7, 11) is 3.56. The van der Waals surface area contributed by atoms with Crippen LogP contribution in [0.4, 0.5) is 21.2 Å². The molecule has 1 N–H and O–H groups in total. The fourth-order valence-electron chi connectivity index (χ4n) is 5.40. The van der Waals surface area contributed by atoms with Crippen molar-refractivity contribution in [2.75, 3.05) is 58.7 Å². The number of carbonyl (C=O) groups is 2. The Morgan fingerprint density at radius 2 is 1.79 bits per heavy atom. The maximum atomic E-state index is 12.8. The summed E-state index contributed by atoms with van der Waals surface area (Å²) < 4.78 is 7.14. The lowest BCUT2D eigenvalue weighted by atomic mass is 9.97. The van der Waals surface area contributed by atoms with Crippen LogP contribution in [-0.4, -0.2) is 105 Å². The fourth-order valence-corrected chi connectivity index (χ4v) is 5.40. The van der Waals surface area contributed by atoms with E-state index in [1.54, 1.807) is 46.8 Å². The van der Waals surface area contributed by atoms with Gasteiger partial charge < -0.3 is 24.8 Å². The second-order valence-corrected chi connectivity index (χ2v) is 12.6. The van der Waals surface area contributed by atoms with E-state index in [2.05, 4.69) is 27.3 Å². The number of amides is 3. The molecule has 5 rings (SSSR count). The molecule has 3 aromatic rings. The van der Waals surface area contributed by atoms with Crippen LogP contribution in [0.15, 0.2) is 47.4 Å². The summed E-state index contributed by atoms with van der Waals surface area (Å²) in [5.41, 5.74) is 1.95. The normalized spacial score (nSPS) is 16.2. The van der Waals surface area contributed by atoms with Crippen molar-refractivity contribution in [2.24, 2.45) is 5.92 Å². The van der Waals surface area contributed by atoms with Gasteiger partial charge in [0.25, 0.3) is 5.56 Å². The minimum absolute atomic E-state index is 0.0551. The van der Waals surface area contributed by atoms with Crippen molar-refractivity contribution in [2.45, 2.75) is 45.9 Å². The lowest BCUT2D eigenvalue weighted by Gasteiger charge is -2.39. The number of rotatable bonds is 7. The maximum Gasteiger partial charge on any atom is 0.410 e. The van der Waals surface area contributed by atoms with E-state index < -0.39 is 5.60 Å². The van der Waals surface area contributed by atoms with Crippen LogP contribution in [-0.2, 0) is 17.8 Å². The number of benzene rings is 1. The van der Waals surface area contributed by atoms with Gasteiger partial charge >= 0.3 is 12.1 Å². The standard InChI is InChI=1S/C31H42N8O4/c1-31(2,3)43-30(42)38-20-23(21-38)11-12-39-26(40)10-9-24-18-32-28(34-27(24)39)33-25-8-6-7-22(17-25)19-36-13-15-37(16-14-36)29(41)35(4)5/h6-10,17-18,23H,11-16,19-21H2,1-5H3,(H,32,33,34). The van der Waals surface area contributed by atoms with Crippen molar-refractivity contribution < 1.29 is 14.3 Å². The van der Waals surface area contributed by atoms with Gasteiger partial charge in [-0.05, 0) is 56.9 Å². The van der Waals surface area contributed by atoms with Crippen molar-refractivity contribution in [3.8, 4) is 0 Å². The van der Waals surface area contributed by atoms with Crippen LogP contribution in [0.25, 0.3) is 11.0 Å². The number of nitrogens with one attached hydrogen (secondary N) is 1. The molecule has 12 heteroatoms. The third-order valence-corrected chi connectivity index (χ3v) is 7.71. The Bertz CT molecular complexity index is 1520. The molecule has 2 saturated heterocycles. The van der Waals surface area contributed by atoms with E-state index in [1.807, 2.05) is 37.8 Å². The molecule has 3 amide bonds. The highest BCUT2D eigenvalue weighted by Gasteiger charge is 2.33. The van der Waals surface area contributed by atoms with E-state index in [9.17, 15) is 14.4 Å². The molecule has 0 radical (unpaired) electrons. The predicted molar refractivity (Wildman–Crippen MR) is 165 cm³/mol. The monoisotopic (exact) mass is 590 g/mol. The van der Waals surface area contributed by atoms with Gasteiger partial charge in [-0.3, -0.25) is 14.3 Å². The summed E-state index contributed by atoms with van der Waals surface area (Å²) in [6, 6.07) is 11.5. The number of pyridine rings is 1. The average Bonchev–Trinajstić information content (AvgIpc) is 2.92. The Morgan fingerprint density at radius 3 is 2.49 bits per heavy atom. The zero-order chi connectivity index (χ0) is 30.7. The molecule has 0 aliphatic carbocycles. The van der Waals surface area contributed by atoms with E-state index in [4.69, 9.17) is 9.72 Å². The predicted octanol–water partition coefficient (Wildman–Crippen LogP) is 3.59. The molecule has 2 aliphatic rings. The van der Waals surface area contributed by atoms with Crippen molar-refractivity contribution in [1.29, 1.82) is 0 Å². The molecule has 2 fully saturated rings. The van der Waals surface area contributed by atoms with Gasteiger partial charge in [-0.25, -0.2) is 14.6 Å². The van der Waals surface area contributed by atoms with Crippen LogP contribution in [0.3, 0.4) is 0 Å². The van der Waals surface area contributed by atoms with Gasteiger partial charge in [0.05, 0.1) is 0 Å². The Balaban J connectivity index is 1.20. The van der Waals surface area contributed by atoms with E-state index in [0.29, 0.717) is 50.2 Å². The Labute approximate surface area is 252 Å². The molecule has 0 saturated carbocycles. The van der Waals surface area contributed by atoms with E-state index in [-0.39, 0.29) is 17.7 Å². The van der Waals surface area contributed by atoms with Crippen molar-refractivity contribution in [3.63, 3.8) is 0 Å². The van der Waals surface area contributed by atoms with Crippen LogP contribution >= 0.6 is 0 Å². The topological polar surface area (TPSA) is 116 Å². The van der Waals surface area contributed by atoms with Crippen LogP contribution in [0.2, 0.25) is 0 Å². The van der Waals surface area contributed by atoms with Gasteiger partial charge in [-0.15, -0.1) is 0 Å². The number of nitrogens with zero attached hydrogens (tertiary/aromatic N) is 7. The second kappa shape index (κ2) is 12.6. The molecule has 2 aromatic heterocycles. The van der Waals surface area contributed by atoms with Gasteiger partial charge in [-0.2, -0.15) is 4.98 Å². The summed E-state index contributed by atoms with van der Waals surface area (Å²) in [5.74, 6) is 0.716. The molecular formula is C31H42N8O4. The summed E-state index contributed by atoms with van der Waals surface area (Å²) in [5, 5.41) is 4.09. The number of aryl methyl sites for hydroxylation is 1. The number of urea groups is 1. The largest absolute Gasteiger partial charge is 0.444 e. The lowest BCUT2D eigenvalue weighted by Crippen LogP contribution is -2.51. The maximum absolute atomic E-state index is 12.8. The van der Waals surface area contributed by atoms with Gasteiger partial charge in [0, 0.05) is 89.8 Å². The van der Waals surface area contributed by atoms with Crippen LogP contribution in [0, 0.1) is 5.92 Å². The molecule has 0 atom stereocenters. The highest BCUT2D eigenvalue weighted by atomic mass is 16.6. The third kappa shape index (κ3) is 7.61. The molecular weight excluding hydrogens is 548 g/mol. The third-order valence-electron chi connectivity index (χ3n) is 7.71. The zero-order valence-corrected chi connectivity index (χ0v) is 25.7. The van der Waals surface area contributed by atoms with Crippen molar-refractivity contribution in [1.82, 2.24) is 34.1 Å². The van der Waals surface area contributed by atoms with E-state index in [0.717, 1.165) is 42.7 Å². The first-order valence-corrected chi connectivity index (χ1v) is 14.8. The minimum atomic E-state index is -0.518. The summed E-state index contributed by atoms with van der Waals surface area (Å²) in [4.78, 5) is 54.1. The first-order chi connectivity index (χ1) is 20.4. The quantitative estimate of drug-likeness (QED) is 0.444. The molecule has 0 spiro atoms. The summed E-state index contributed by atoms with van der Waals surface area (Å²) in [6.45, 7) is 11.2. The van der Waals surface area contributed by atoms with Crippen LogP contribution in [0.1, 0.15) is 32.8 Å². The molecule has 4 heterocycles. The molecule has 0 bridgehead atoms. The van der Waals surface area contributed by atoms with Crippen molar-refractivity contribution >= 4 is 34.8 Å². The molecule has 12 nitrogen and oxygen atoms in total. The number of ether oxygens (including phenoxy) is 1. The number of anilines is 2. The summed E-state index contributed by atoms with van der Waals surface area (Å²) >= 11 is 0. The number of hydrogen-bond acceptors (Lipinski definition) is 8. The Kier molecular flexibility index (Phi) is 8.86. The first kappa shape index (κ1) is 30.3. The molecule has 0 unspecified atom stereocenters. The van der Waals surface area contributed by atoms with Gasteiger partial charge in [0.15, 0.2) is 0 Å². The first-order valence-electron chi connectivity index (χ1n) is 14.8. The molecule has 2 aliphatic heterocycles. The highest BCUT2D eigenvalue weighted by molar-refractivity contribution is 5.76. The van der Waals surface area contributed by atoms with Gasteiger partial charge in [-0.1, -0.05) is 12.1 Å². The van der Waals surface area contributed by atoms with Gasteiger partial charge in [0.2, 0.25) is 5.95 Å². The van der Waals surface area contributed by atoms with E-state index >= 15 is 0 Å². The lowest BCUT2D eigenvalue weighted by molar-refractivity contribution is -0.00265. The average molecular weight is 591 g/mol. The number of piperazine rings is 1. The number of fused-ring (bicyclic) bond motifs is 1. The van der Waals surface area contributed by atoms with E-state index in [1.165, 1.54) is 0 Å². The number of likely N-dealkylation sites (tertiary alicyclic amines) is 1. The second-order valence-electron chi connectivity index (χ2n) is 12.6. The minimum Gasteiger partial charge on any atom is -0.444 e. The Hall–Kier alpha value is -4.19. The number of carbonyl (C=O) groups excluding carboxylic acids is 2. The summed E-state index contributed by atoms with van der Waals surface area (Å²) in [6.07, 6.45) is 2.19. The molecule has 1 aromatic carbocycles.